The summed E-state index contributed by atoms with van der Waals surface area (Å²) in [5.74, 6) is 0. The van der Waals surface area contributed by atoms with E-state index in [0.717, 1.165) is 0 Å². The van der Waals surface area contributed by atoms with Crippen molar-refractivity contribution < 1.29 is 17.3 Å². The molecule has 6 heteroatoms. The van der Waals surface area contributed by atoms with E-state index < -0.39 is 0 Å². The Labute approximate surface area is 116 Å². The van der Waals surface area contributed by atoms with Gasteiger partial charge in [0, 0.05) is 0 Å². The summed E-state index contributed by atoms with van der Waals surface area (Å²) in [6.45, 7) is 0. The van der Waals surface area contributed by atoms with E-state index in [2.05, 4.69) is 15.9 Å². The SMILES string of the molecule is Cl[C]1C(Cl)=C(Cl)C(Cl)=C1Cl.[CH3][Pt]([CH3])[CH3]. The van der Waals surface area contributed by atoms with Gasteiger partial charge in [-0.3, -0.25) is 0 Å². The van der Waals surface area contributed by atoms with Gasteiger partial charge >= 0.3 is 33.3 Å². The van der Waals surface area contributed by atoms with Gasteiger partial charge in [0.15, 0.2) is 0 Å². The molecule has 0 amide bonds. The summed E-state index contributed by atoms with van der Waals surface area (Å²) in [6, 6.07) is 0. The van der Waals surface area contributed by atoms with Crippen LogP contribution in [0.15, 0.2) is 20.1 Å². The average molecular weight is 478 g/mol. The van der Waals surface area contributed by atoms with E-state index >= 15 is 0 Å². The molecule has 0 aromatic carbocycles. The molecular formula is C8H9Cl5Pt. The van der Waals surface area contributed by atoms with Crippen LogP contribution < -0.4 is 0 Å². The summed E-state index contributed by atoms with van der Waals surface area (Å²) in [7, 11) is 0. The van der Waals surface area contributed by atoms with Gasteiger partial charge in [0.2, 0.25) is 0 Å². The Hall–Kier alpha value is 1.62. The molecule has 0 atom stereocenters. The molecule has 0 aliphatic heterocycles. The van der Waals surface area contributed by atoms with E-state index in [0.29, 0.717) is 0 Å². The molecule has 0 fully saturated rings. The first-order valence-electron chi connectivity index (χ1n) is 3.14. The van der Waals surface area contributed by atoms with E-state index in [-0.39, 0.29) is 42.8 Å². The molecule has 0 nitrogen and oxygen atoms in total. The van der Waals surface area contributed by atoms with Crippen LogP contribution in [0.3, 0.4) is 0 Å². The van der Waals surface area contributed by atoms with E-state index in [1.807, 2.05) is 0 Å². The van der Waals surface area contributed by atoms with Crippen molar-refractivity contribution in [2.45, 2.75) is 15.9 Å². The monoisotopic (exact) mass is 475 g/mol. The third-order valence-corrected chi connectivity index (χ3v) is 3.34. The Morgan fingerprint density at radius 2 is 0.857 bits per heavy atom. The number of hydrogen-bond donors (Lipinski definition) is 0. The summed E-state index contributed by atoms with van der Waals surface area (Å²) in [6.07, 6.45) is 0. The summed E-state index contributed by atoms with van der Waals surface area (Å²) < 4.78 is 0. The number of rotatable bonds is 0. The quantitative estimate of drug-likeness (QED) is 0.408. The molecule has 0 spiro atoms. The van der Waals surface area contributed by atoms with Gasteiger partial charge in [0.25, 0.3) is 0 Å². The van der Waals surface area contributed by atoms with Gasteiger partial charge in [-0.1, -0.05) is 46.4 Å². The minimum absolute atomic E-state index is 0.207. The second-order valence-electron chi connectivity index (χ2n) is 2.52. The van der Waals surface area contributed by atoms with Crippen molar-refractivity contribution in [3.63, 3.8) is 0 Å². The Morgan fingerprint density at radius 3 is 0.929 bits per heavy atom. The average Bonchev–Trinajstić information content (AvgIpc) is 2.23. The van der Waals surface area contributed by atoms with Crippen molar-refractivity contribution in [2.75, 3.05) is 0 Å². The molecule has 0 unspecified atom stereocenters. The summed E-state index contributed by atoms with van der Waals surface area (Å²) >= 11 is 27.6. The van der Waals surface area contributed by atoms with E-state index in [1.54, 1.807) is 0 Å². The molecule has 1 aliphatic carbocycles. The molecule has 0 aromatic heterocycles. The first kappa shape index (κ1) is 15.6. The van der Waals surface area contributed by atoms with E-state index in [9.17, 15) is 0 Å². The van der Waals surface area contributed by atoms with Gasteiger partial charge in [-0.05, 0) is 0 Å². The van der Waals surface area contributed by atoms with Crippen LogP contribution in [0, 0.1) is 5.38 Å². The normalized spacial score (nSPS) is 18.4. The zero-order valence-electron chi connectivity index (χ0n) is 7.71. The molecule has 0 heterocycles. The van der Waals surface area contributed by atoms with Gasteiger partial charge in [0.1, 0.15) is 5.38 Å². The van der Waals surface area contributed by atoms with Gasteiger partial charge in [-0.15, -0.1) is 11.6 Å². The predicted molar refractivity (Wildman–Crippen MR) is 64.2 cm³/mol. The number of hydrogen-bond acceptors (Lipinski definition) is 0. The second-order valence-corrected chi connectivity index (χ2v) is 11.2. The van der Waals surface area contributed by atoms with Crippen LogP contribution in [0.5, 0.6) is 0 Å². The van der Waals surface area contributed by atoms with Crippen molar-refractivity contribution in [3.05, 3.63) is 25.5 Å². The van der Waals surface area contributed by atoms with Crippen LogP contribution in [0.4, 0.5) is 0 Å². The topological polar surface area (TPSA) is 0 Å². The molecule has 14 heavy (non-hydrogen) atoms. The summed E-state index contributed by atoms with van der Waals surface area (Å²) in [5, 5.41) is 8.01. The molecule has 1 rings (SSSR count). The molecule has 0 N–H and O–H groups in total. The van der Waals surface area contributed by atoms with Crippen molar-refractivity contribution in [3.8, 4) is 0 Å². The van der Waals surface area contributed by atoms with Crippen molar-refractivity contribution in [1.29, 1.82) is 0 Å². The van der Waals surface area contributed by atoms with Crippen LogP contribution in [0.2, 0.25) is 15.9 Å². The molecule has 86 valence electrons. The molecule has 0 aromatic rings. The molecule has 1 aliphatic rings. The summed E-state index contributed by atoms with van der Waals surface area (Å²) in [5.41, 5.74) is 0. The molecule has 0 saturated carbocycles. The van der Waals surface area contributed by atoms with E-state index in [1.165, 1.54) is 0 Å². The van der Waals surface area contributed by atoms with Gasteiger partial charge in [0.05, 0.1) is 20.1 Å². The van der Waals surface area contributed by atoms with Crippen LogP contribution in [0.25, 0.3) is 0 Å². The predicted octanol–water partition coefficient (Wildman–Crippen LogP) is 5.90. The molecule has 0 bridgehead atoms. The Kier molecular flexibility index (Phi) is 7.86. The zero-order valence-corrected chi connectivity index (χ0v) is 13.8. The summed E-state index contributed by atoms with van der Waals surface area (Å²) in [4.78, 5) is 0. The number of allylic oxidation sites excluding steroid dienone is 4. The second kappa shape index (κ2) is 7.04. The fourth-order valence-corrected chi connectivity index (χ4v) is 1.67. The minimum atomic E-state index is -0.269. The third-order valence-electron chi connectivity index (χ3n) is 0.964. The first-order chi connectivity index (χ1) is 6.29. The fourth-order valence-electron chi connectivity index (χ4n) is 0.482. The standard InChI is InChI=1S/C5Cl5.3CH3.Pt/c6-1-2(7)4(9)5(10)3(1)8;;;;/h;3*1H3;. The molecular weight excluding hydrogens is 468 g/mol. The van der Waals surface area contributed by atoms with Crippen molar-refractivity contribution >= 4 is 58.0 Å². The molecule has 0 saturated heterocycles. The maximum atomic E-state index is 5.57. The maximum absolute atomic E-state index is 5.57. The van der Waals surface area contributed by atoms with E-state index in [4.69, 9.17) is 58.0 Å². The third kappa shape index (κ3) is 4.64. The fraction of sp³-hybridized carbons (Fsp3) is 0.375. The van der Waals surface area contributed by atoms with Gasteiger partial charge in [-0.25, -0.2) is 0 Å². The van der Waals surface area contributed by atoms with Gasteiger partial charge in [-0.2, -0.15) is 0 Å². The Bertz CT molecular complexity index is 242. The van der Waals surface area contributed by atoms with Crippen LogP contribution in [-0.4, -0.2) is 0 Å². The Morgan fingerprint density at radius 1 is 0.643 bits per heavy atom. The zero-order chi connectivity index (χ0) is 11.5. The number of halogens is 5. The van der Waals surface area contributed by atoms with Gasteiger partial charge < -0.3 is 0 Å². The first-order valence-corrected chi connectivity index (χ1v) is 11.9. The molecule has 1 radical (unpaired) electrons. The van der Waals surface area contributed by atoms with Crippen molar-refractivity contribution in [1.82, 2.24) is 0 Å². The van der Waals surface area contributed by atoms with Crippen molar-refractivity contribution in [2.24, 2.45) is 0 Å². The van der Waals surface area contributed by atoms with Crippen LogP contribution in [0.1, 0.15) is 0 Å². The van der Waals surface area contributed by atoms with Crippen LogP contribution >= 0.6 is 58.0 Å². The van der Waals surface area contributed by atoms with Crippen LogP contribution in [-0.2, 0) is 17.3 Å². The Balaban J connectivity index is 0.000000364.